The third-order valence-corrected chi connectivity index (χ3v) is 5.83. The molecule has 0 saturated heterocycles. The average molecular weight is 376 g/mol. The fourth-order valence-corrected chi connectivity index (χ4v) is 4.63. The molecule has 0 radical (unpaired) electrons. The van der Waals surface area contributed by atoms with Crippen molar-refractivity contribution in [1.29, 1.82) is 0 Å². The first-order valence-corrected chi connectivity index (χ1v) is 10.1. The summed E-state index contributed by atoms with van der Waals surface area (Å²) in [7, 11) is 0. The number of carbonyl (C=O) groups is 1. The maximum absolute atomic E-state index is 13.0. The van der Waals surface area contributed by atoms with Crippen molar-refractivity contribution in [1.82, 2.24) is 14.9 Å². The Bertz CT molecular complexity index is 834. The second kappa shape index (κ2) is 7.66. The molecule has 7 heteroatoms. The van der Waals surface area contributed by atoms with Gasteiger partial charge in [0.2, 0.25) is 5.91 Å². The number of thioether (sulfide) groups is 2. The molecule has 5 nitrogen and oxygen atoms in total. The van der Waals surface area contributed by atoms with Gasteiger partial charge in [-0.1, -0.05) is 36.9 Å². The van der Waals surface area contributed by atoms with E-state index in [1.54, 1.807) is 16.3 Å². The van der Waals surface area contributed by atoms with Gasteiger partial charge >= 0.3 is 0 Å². The minimum Gasteiger partial charge on any atom is -0.353 e. The summed E-state index contributed by atoms with van der Waals surface area (Å²) in [6.45, 7) is 5.95. The molecule has 2 aromatic rings. The van der Waals surface area contributed by atoms with E-state index in [9.17, 15) is 9.59 Å². The van der Waals surface area contributed by atoms with Crippen molar-refractivity contribution in [2.45, 2.75) is 48.5 Å². The molecule has 1 aromatic carbocycles. The van der Waals surface area contributed by atoms with Crippen molar-refractivity contribution < 1.29 is 4.79 Å². The number of aromatic nitrogens is 2. The van der Waals surface area contributed by atoms with Crippen LogP contribution in [0.4, 0.5) is 0 Å². The van der Waals surface area contributed by atoms with Gasteiger partial charge in [-0.3, -0.25) is 14.2 Å². The van der Waals surface area contributed by atoms with E-state index in [0.717, 1.165) is 22.7 Å². The van der Waals surface area contributed by atoms with Crippen LogP contribution in [-0.4, -0.2) is 32.5 Å². The van der Waals surface area contributed by atoms with E-state index in [0.29, 0.717) is 10.4 Å². The quantitative estimate of drug-likeness (QED) is 0.643. The lowest BCUT2D eigenvalue weighted by molar-refractivity contribution is -0.119. The van der Waals surface area contributed by atoms with E-state index in [-0.39, 0.29) is 23.3 Å². The number of rotatable bonds is 5. The summed E-state index contributed by atoms with van der Waals surface area (Å²) in [5.41, 5.74) is 1.58. The van der Waals surface area contributed by atoms with Gasteiger partial charge in [0.15, 0.2) is 5.16 Å². The number of hydrogen-bond acceptors (Lipinski definition) is 5. The van der Waals surface area contributed by atoms with Gasteiger partial charge in [0.05, 0.1) is 22.0 Å². The van der Waals surface area contributed by atoms with Crippen molar-refractivity contribution in [2.75, 3.05) is 5.75 Å². The lowest BCUT2D eigenvalue weighted by Crippen LogP contribution is -2.32. The molecule has 3 rings (SSSR count). The summed E-state index contributed by atoms with van der Waals surface area (Å²) in [5.74, 6) is 0.177. The monoisotopic (exact) mass is 375 g/mol. The topological polar surface area (TPSA) is 64.0 Å². The summed E-state index contributed by atoms with van der Waals surface area (Å²) < 4.78 is 1.62. The van der Waals surface area contributed by atoms with E-state index in [4.69, 9.17) is 4.98 Å². The highest BCUT2D eigenvalue weighted by molar-refractivity contribution is 8.00. The molecule has 1 aliphatic heterocycles. The maximum Gasteiger partial charge on any atom is 0.272 e. The Morgan fingerprint density at radius 1 is 1.40 bits per heavy atom. The second-order valence-electron chi connectivity index (χ2n) is 6.29. The Hall–Kier alpha value is -1.73. The number of fused-ring (bicyclic) bond motifs is 1. The average Bonchev–Trinajstić information content (AvgIpc) is 2.94. The number of hydrogen-bond donors (Lipinski definition) is 1. The molecule has 1 atom stereocenters. The highest BCUT2D eigenvalue weighted by Crippen LogP contribution is 2.34. The normalized spacial score (nSPS) is 16.1. The van der Waals surface area contributed by atoms with Crippen LogP contribution in [0.2, 0.25) is 0 Å². The molecular weight excluding hydrogens is 354 g/mol. The van der Waals surface area contributed by atoms with Crippen molar-refractivity contribution in [3.63, 3.8) is 0 Å². The van der Waals surface area contributed by atoms with Crippen LogP contribution in [-0.2, 0) is 11.2 Å². The maximum atomic E-state index is 13.0. The number of amides is 1. The summed E-state index contributed by atoms with van der Waals surface area (Å²) in [4.78, 5) is 30.5. The number of nitrogens with zero attached hydrogens (tertiary/aromatic N) is 2. The van der Waals surface area contributed by atoms with Gasteiger partial charge in [-0.15, -0.1) is 11.8 Å². The molecule has 132 valence electrons. The summed E-state index contributed by atoms with van der Waals surface area (Å²) in [5, 5.41) is 3.79. The molecule has 0 spiro atoms. The Balaban J connectivity index is 1.99. The Labute approximate surface area is 155 Å². The van der Waals surface area contributed by atoms with Crippen molar-refractivity contribution >= 4 is 29.4 Å². The first-order valence-electron chi connectivity index (χ1n) is 8.26. The zero-order valence-corrected chi connectivity index (χ0v) is 16.1. The van der Waals surface area contributed by atoms with Gasteiger partial charge in [0.25, 0.3) is 5.56 Å². The SMILES string of the molecule is CC(C)NC(=O)CSc1nc2c(c(=O)n1-c1ccccc1)SC(C)C2. The molecule has 2 heterocycles. The van der Waals surface area contributed by atoms with Crippen LogP contribution in [0.25, 0.3) is 5.69 Å². The number of para-hydroxylation sites is 1. The fourth-order valence-electron chi connectivity index (χ4n) is 2.70. The van der Waals surface area contributed by atoms with Crippen LogP contribution >= 0.6 is 23.5 Å². The molecule has 1 amide bonds. The fraction of sp³-hybridized carbons (Fsp3) is 0.389. The zero-order chi connectivity index (χ0) is 18.0. The van der Waals surface area contributed by atoms with E-state index in [1.165, 1.54) is 11.8 Å². The van der Waals surface area contributed by atoms with Gasteiger partial charge in [-0.2, -0.15) is 0 Å². The van der Waals surface area contributed by atoms with Crippen molar-refractivity contribution in [3.05, 3.63) is 46.4 Å². The van der Waals surface area contributed by atoms with Gasteiger partial charge in [0.1, 0.15) is 0 Å². The molecule has 0 fully saturated rings. The minimum atomic E-state index is -0.0582. The predicted octanol–water partition coefficient (Wildman–Crippen LogP) is 2.89. The minimum absolute atomic E-state index is 0.0442. The standard InChI is InChI=1S/C18H21N3O2S2/c1-11(2)19-15(22)10-24-18-20-14-9-12(3)25-16(14)17(23)21(18)13-7-5-4-6-8-13/h4-8,11-12H,9-10H2,1-3H3,(H,19,22). The van der Waals surface area contributed by atoms with Gasteiger partial charge in [-0.25, -0.2) is 4.98 Å². The van der Waals surface area contributed by atoms with Crippen LogP contribution < -0.4 is 10.9 Å². The Kier molecular flexibility index (Phi) is 5.54. The van der Waals surface area contributed by atoms with Gasteiger partial charge in [-0.05, 0) is 26.0 Å². The molecule has 25 heavy (non-hydrogen) atoms. The molecular formula is C18H21N3O2S2. The Morgan fingerprint density at radius 2 is 2.12 bits per heavy atom. The number of carbonyl (C=O) groups excluding carboxylic acids is 1. The molecule has 1 aromatic heterocycles. The van der Waals surface area contributed by atoms with Crippen LogP contribution in [0.1, 0.15) is 26.5 Å². The van der Waals surface area contributed by atoms with Crippen molar-refractivity contribution in [3.8, 4) is 5.69 Å². The van der Waals surface area contributed by atoms with Crippen molar-refractivity contribution in [2.24, 2.45) is 0 Å². The zero-order valence-electron chi connectivity index (χ0n) is 14.5. The summed E-state index contributed by atoms with van der Waals surface area (Å²) in [6, 6.07) is 9.56. The number of benzene rings is 1. The van der Waals surface area contributed by atoms with Crippen LogP contribution in [0.3, 0.4) is 0 Å². The third-order valence-electron chi connectivity index (χ3n) is 3.68. The molecule has 0 aliphatic carbocycles. The van der Waals surface area contributed by atoms with Gasteiger partial charge in [0, 0.05) is 17.7 Å². The van der Waals surface area contributed by atoms with E-state index in [1.807, 2.05) is 44.2 Å². The predicted molar refractivity (Wildman–Crippen MR) is 103 cm³/mol. The third kappa shape index (κ3) is 4.10. The van der Waals surface area contributed by atoms with E-state index < -0.39 is 0 Å². The molecule has 1 aliphatic rings. The molecule has 0 saturated carbocycles. The smallest absolute Gasteiger partial charge is 0.272 e. The first kappa shape index (κ1) is 18.1. The highest BCUT2D eigenvalue weighted by atomic mass is 32.2. The summed E-state index contributed by atoms with van der Waals surface area (Å²) >= 11 is 2.89. The number of nitrogens with one attached hydrogen (secondary N) is 1. The molecule has 1 N–H and O–H groups in total. The van der Waals surface area contributed by atoms with E-state index >= 15 is 0 Å². The van der Waals surface area contributed by atoms with Crippen LogP contribution in [0, 0.1) is 0 Å². The van der Waals surface area contributed by atoms with E-state index in [2.05, 4.69) is 12.2 Å². The highest BCUT2D eigenvalue weighted by Gasteiger charge is 2.27. The molecule has 0 bridgehead atoms. The summed E-state index contributed by atoms with van der Waals surface area (Å²) in [6.07, 6.45) is 0.788. The largest absolute Gasteiger partial charge is 0.353 e. The van der Waals surface area contributed by atoms with Gasteiger partial charge < -0.3 is 5.32 Å². The lowest BCUT2D eigenvalue weighted by Gasteiger charge is -2.14. The molecule has 1 unspecified atom stereocenters. The Morgan fingerprint density at radius 3 is 2.80 bits per heavy atom. The van der Waals surface area contributed by atoms with Crippen LogP contribution in [0.5, 0.6) is 0 Å². The lowest BCUT2D eigenvalue weighted by atomic mass is 10.2. The second-order valence-corrected chi connectivity index (χ2v) is 8.68. The van der Waals surface area contributed by atoms with Crippen LogP contribution in [0.15, 0.2) is 45.2 Å². The first-order chi connectivity index (χ1) is 12.0.